The lowest BCUT2D eigenvalue weighted by Gasteiger charge is -2.21. The fraction of sp³-hybridized carbons (Fsp3) is 0.366. The molecule has 1 heterocycles. The summed E-state index contributed by atoms with van der Waals surface area (Å²) in [5.74, 6) is -6.87. The minimum atomic E-state index is -1.36. The van der Waals surface area contributed by atoms with E-state index < -0.39 is 77.2 Å². The van der Waals surface area contributed by atoms with Crippen molar-refractivity contribution >= 4 is 87.5 Å². The fourth-order valence-corrected chi connectivity index (χ4v) is 11.4. The molecule has 0 bridgehead atoms. The number of aliphatic carboxylic acids is 1. The number of carbonyl (C=O) groups excluding carboxylic acids is 8. The zero-order chi connectivity index (χ0) is 75.3. The number of amides is 4. The second-order valence-electron chi connectivity index (χ2n) is 24.3. The quantitative estimate of drug-likeness (QED) is 0.0148. The van der Waals surface area contributed by atoms with E-state index in [4.69, 9.17) is 69.3 Å². The average molecular weight is 1420 g/mol. The molecule has 550 valence electrons. The van der Waals surface area contributed by atoms with E-state index in [1.807, 2.05) is 24.3 Å². The van der Waals surface area contributed by atoms with Gasteiger partial charge in [-0.3, -0.25) is 60.0 Å². The number of rotatable bonds is 43. The highest BCUT2D eigenvalue weighted by atomic mass is 16.5. The maximum absolute atomic E-state index is 14.6. The monoisotopic (exact) mass is 1420 g/mol. The Bertz CT molecular complexity index is 4080. The van der Waals surface area contributed by atoms with Gasteiger partial charge < -0.3 is 100 Å². The Labute approximate surface area is 594 Å². The summed E-state index contributed by atoms with van der Waals surface area (Å²) in [5, 5.41) is 63.0. The van der Waals surface area contributed by atoms with Crippen LogP contribution in [0.1, 0.15) is 121 Å². The van der Waals surface area contributed by atoms with Crippen LogP contribution in [-0.2, 0) is 56.1 Å². The number of ether oxygens (including phenoxy) is 4. The summed E-state index contributed by atoms with van der Waals surface area (Å²) < 4.78 is 22.2. The smallest absolute Gasteiger partial charge is 0.326 e. The number of fused-ring (bicyclic) bond motifs is 1. The first-order valence-corrected chi connectivity index (χ1v) is 33.1. The van der Waals surface area contributed by atoms with Gasteiger partial charge in [0.15, 0.2) is 47.0 Å². The van der Waals surface area contributed by atoms with Gasteiger partial charge in [-0.2, -0.15) is 0 Å². The molecule has 0 saturated carbocycles. The molecule has 0 aliphatic carbocycles. The predicted octanol–water partition coefficient (Wildman–Crippen LogP) is 1.85. The van der Waals surface area contributed by atoms with Crippen molar-refractivity contribution in [3.8, 4) is 23.0 Å². The number of ketones is 4. The Balaban J connectivity index is 1.20. The molecule has 0 spiro atoms. The Morgan fingerprint density at radius 3 is 1.04 bits per heavy atom. The summed E-state index contributed by atoms with van der Waals surface area (Å²) in [6.07, 6.45) is 2.13. The highest BCUT2D eigenvalue weighted by Crippen LogP contribution is 2.28. The minimum Gasteiger partial charge on any atom is -0.496 e. The molecular formula is C71H92N18O14. The van der Waals surface area contributed by atoms with Crippen molar-refractivity contribution in [2.75, 3.05) is 54.6 Å². The van der Waals surface area contributed by atoms with E-state index in [1.165, 1.54) is 77.0 Å². The summed E-state index contributed by atoms with van der Waals surface area (Å²) in [6, 6.07) is 19.5. The SMILES string of the molecule is COc1ccc(CC(=O)[C@H](CCCNC(=N)N)NC(=O)c2cc(CC(=O)[C@H](CCCNC(=N)N)NC(=O)c3cc(CC(=O)[C@H](CCCNC(=N)N)NC(=O)c4cc(CC(=O)[C@@H](N)CCCNC(=N)N)ccc4OC)ccc3OC)ccc2OC)cc1C(=O)N[C@@H](Cc1c[nH]c2ccccc12)C(=O)O. The van der Waals surface area contributed by atoms with Crippen LogP contribution in [0.25, 0.3) is 10.9 Å². The van der Waals surface area contributed by atoms with Crippen molar-refractivity contribution in [1.82, 2.24) is 47.5 Å². The highest BCUT2D eigenvalue weighted by Gasteiger charge is 2.31. The molecule has 1 aromatic heterocycles. The molecule has 4 amide bonds. The van der Waals surface area contributed by atoms with Gasteiger partial charge in [-0.25, -0.2) is 4.79 Å². The Morgan fingerprint density at radius 1 is 0.427 bits per heavy atom. The molecule has 32 heteroatoms. The maximum Gasteiger partial charge on any atom is 0.326 e. The molecule has 0 fully saturated rings. The summed E-state index contributed by atoms with van der Waals surface area (Å²) in [5.41, 5.74) is 30.8. The van der Waals surface area contributed by atoms with Gasteiger partial charge in [0.2, 0.25) is 0 Å². The average Bonchev–Trinajstić information content (AvgIpc) is 1.79. The second kappa shape index (κ2) is 39.6. The van der Waals surface area contributed by atoms with Gasteiger partial charge in [0.25, 0.3) is 23.6 Å². The number of nitrogens with one attached hydrogen (secondary N) is 13. The topological polar surface area (TPSA) is 548 Å². The number of H-pyrrole nitrogens is 1. The van der Waals surface area contributed by atoms with E-state index in [-0.39, 0.29) is 165 Å². The third kappa shape index (κ3) is 24.6. The van der Waals surface area contributed by atoms with Crippen molar-refractivity contribution in [1.29, 1.82) is 21.6 Å². The molecule has 0 saturated heterocycles. The number of nitrogens with two attached hydrogens (primary N) is 5. The fourth-order valence-electron chi connectivity index (χ4n) is 11.4. The van der Waals surface area contributed by atoms with Crippen LogP contribution in [0.5, 0.6) is 23.0 Å². The van der Waals surface area contributed by atoms with E-state index in [9.17, 15) is 48.3 Å². The molecule has 24 N–H and O–H groups in total. The molecule has 5 atom stereocenters. The number of guanidine groups is 4. The molecule has 0 aliphatic heterocycles. The third-order valence-corrected chi connectivity index (χ3v) is 16.7. The molecular weight excluding hydrogens is 1330 g/mol. The Kier molecular flexibility index (Phi) is 30.7. The van der Waals surface area contributed by atoms with Crippen LogP contribution >= 0.6 is 0 Å². The largest absolute Gasteiger partial charge is 0.496 e. The van der Waals surface area contributed by atoms with Crippen LogP contribution in [0.2, 0.25) is 0 Å². The molecule has 32 nitrogen and oxygen atoms in total. The standard InChI is InChI=1S/C71H92N18O14/c1-100-59-21-17-39(33-55(90)49(72)12-7-25-81-68(73)74)29-45(59)63(94)86-51(14-8-26-82-69(75)76)56(91)34-40-18-22-60(101-2)46(30-40)64(95)87-52(15-9-27-83-70(77)78)57(92)35-41-19-23-61(102-3)47(31-41)65(96)88-53(16-10-28-84-71(79)80)58(93)36-42-20-24-62(103-4)48(32-42)66(97)89-54(67(98)99)37-43-38-85-50-13-6-5-11-44(43)50/h5-6,11,13,17-24,29-32,38,49,51-54,85H,7-10,12,14-16,25-28,33-37,72H2,1-4H3,(H,86,94)(H,87,95)(H,88,96)(H,89,97)(H,98,99)(H4,73,74,81)(H4,75,76,82)(H4,77,78,83)(H4,79,80,84)/t49-,51-,52-,53-,54-/m0/s1. The van der Waals surface area contributed by atoms with Crippen molar-refractivity contribution in [3.63, 3.8) is 0 Å². The first kappa shape index (κ1) is 79.9. The number of aromatic amines is 1. The summed E-state index contributed by atoms with van der Waals surface area (Å²) in [4.78, 5) is 129. The van der Waals surface area contributed by atoms with Gasteiger partial charge in [0.05, 0.1) is 74.9 Å². The molecule has 6 aromatic rings. The van der Waals surface area contributed by atoms with E-state index in [0.29, 0.717) is 47.2 Å². The van der Waals surface area contributed by atoms with Crippen LogP contribution in [0.15, 0.2) is 103 Å². The summed E-state index contributed by atoms with van der Waals surface area (Å²) in [6.45, 7) is 0.820. The lowest BCUT2D eigenvalue weighted by molar-refractivity contribution is -0.139. The number of hydrogen-bond acceptors (Lipinski definition) is 18. The maximum atomic E-state index is 14.6. The minimum absolute atomic E-state index is 0.0185. The first-order chi connectivity index (χ1) is 49.2. The molecule has 0 aliphatic rings. The van der Waals surface area contributed by atoms with Gasteiger partial charge in [0.1, 0.15) is 29.0 Å². The number of aromatic nitrogens is 1. The summed E-state index contributed by atoms with van der Waals surface area (Å²) in [7, 11) is 5.34. The van der Waals surface area contributed by atoms with E-state index in [1.54, 1.807) is 30.5 Å². The van der Waals surface area contributed by atoms with Crippen molar-refractivity contribution in [2.45, 2.75) is 114 Å². The van der Waals surface area contributed by atoms with Crippen LogP contribution in [0.4, 0.5) is 0 Å². The van der Waals surface area contributed by atoms with Crippen LogP contribution in [-0.4, -0.2) is 171 Å². The number of Topliss-reactive ketones (excluding diaryl/α,β-unsaturated/α-hetero) is 4. The highest BCUT2D eigenvalue weighted by molar-refractivity contribution is 6.04. The van der Waals surface area contributed by atoms with E-state index in [2.05, 4.69) is 47.5 Å². The zero-order valence-electron chi connectivity index (χ0n) is 57.9. The second-order valence-corrected chi connectivity index (χ2v) is 24.3. The van der Waals surface area contributed by atoms with Gasteiger partial charge in [-0.15, -0.1) is 0 Å². The number of carbonyl (C=O) groups is 9. The lowest BCUT2D eigenvalue weighted by atomic mass is 9.96. The number of methoxy groups -OCH3 is 4. The summed E-state index contributed by atoms with van der Waals surface area (Å²) >= 11 is 0. The van der Waals surface area contributed by atoms with Gasteiger partial charge in [-0.1, -0.05) is 42.5 Å². The molecule has 0 radical (unpaired) electrons. The predicted molar refractivity (Wildman–Crippen MR) is 386 cm³/mol. The number of hydrogen-bond donors (Lipinski definition) is 19. The molecule has 0 unspecified atom stereocenters. The van der Waals surface area contributed by atoms with E-state index >= 15 is 0 Å². The van der Waals surface area contributed by atoms with Crippen LogP contribution in [0, 0.1) is 21.6 Å². The Hall–Kier alpha value is -12.1. The van der Waals surface area contributed by atoms with Crippen molar-refractivity contribution in [2.24, 2.45) is 28.7 Å². The Morgan fingerprint density at radius 2 is 0.728 bits per heavy atom. The number of para-hydroxylation sites is 1. The lowest BCUT2D eigenvalue weighted by Crippen LogP contribution is -2.43. The number of carboxylic acid groups (broad SMARTS) is 1. The van der Waals surface area contributed by atoms with Gasteiger partial charge >= 0.3 is 5.97 Å². The molecule has 6 rings (SSSR count). The van der Waals surface area contributed by atoms with Crippen LogP contribution < -0.4 is 90.2 Å². The van der Waals surface area contributed by atoms with E-state index in [0.717, 1.165) is 10.9 Å². The number of carboxylic acids is 1. The van der Waals surface area contributed by atoms with Crippen molar-refractivity contribution in [3.05, 3.63) is 153 Å². The first-order valence-electron chi connectivity index (χ1n) is 33.1. The van der Waals surface area contributed by atoms with Crippen LogP contribution in [0.3, 0.4) is 0 Å². The molecule has 103 heavy (non-hydrogen) atoms. The normalized spacial score (nSPS) is 12.3. The van der Waals surface area contributed by atoms with Crippen molar-refractivity contribution < 1.29 is 67.2 Å². The zero-order valence-corrected chi connectivity index (χ0v) is 57.9. The molecule has 5 aromatic carbocycles. The van der Waals surface area contributed by atoms with Gasteiger partial charge in [0, 0.05) is 75.4 Å². The third-order valence-electron chi connectivity index (χ3n) is 16.7. The van der Waals surface area contributed by atoms with Gasteiger partial charge in [-0.05, 0) is 134 Å². The number of benzene rings is 5.